The van der Waals surface area contributed by atoms with Gasteiger partial charge in [0.05, 0.1) is 33.5 Å². The lowest BCUT2D eigenvalue weighted by atomic mass is 9.88. The summed E-state index contributed by atoms with van der Waals surface area (Å²) in [5.41, 5.74) is 3.81. The predicted octanol–water partition coefficient (Wildman–Crippen LogP) is 4.02. The number of fused-ring (bicyclic) bond motifs is 1. The summed E-state index contributed by atoms with van der Waals surface area (Å²) in [5, 5.41) is 4.12. The van der Waals surface area contributed by atoms with Crippen LogP contribution in [0.3, 0.4) is 0 Å². The average molecular weight is 431 g/mol. The van der Waals surface area contributed by atoms with E-state index in [-0.39, 0.29) is 11.9 Å². The molecule has 1 aromatic carbocycles. The highest BCUT2D eigenvalue weighted by atomic mass is 32.1. The number of thiophene rings is 1. The van der Waals surface area contributed by atoms with E-state index in [2.05, 4.69) is 22.3 Å². The van der Waals surface area contributed by atoms with Crippen LogP contribution in [0.4, 0.5) is 5.00 Å². The summed E-state index contributed by atoms with van der Waals surface area (Å²) in [5.74, 6) is 1.41. The normalized spacial score (nSPS) is 17.8. The lowest BCUT2D eigenvalue weighted by molar-refractivity contribution is -0.114. The number of nitrogens with zero attached hydrogens (tertiary/aromatic N) is 1. The number of ether oxygens (including phenoxy) is 3. The maximum atomic E-state index is 12.0. The molecule has 1 N–H and O–H groups in total. The molecule has 0 bridgehead atoms. The van der Waals surface area contributed by atoms with Gasteiger partial charge >= 0.3 is 0 Å². The summed E-state index contributed by atoms with van der Waals surface area (Å²) in [6.45, 7) is 4.71. The topological polar surface area (TPSA) is 60.0 Å². The Morgan fingerprint density at radius 3 is 2.57 bits per heavy atom. The van der Waals surface area contributed by atoms with Gasteiger partial charge < -0.3 is 19.5 Å². The minimum atomic E-state index is -0.0251. The number of aryl methyl sites for hydroxylation is 1. The van der Waals surface area contributed by atoms with Crippen LogP contribution in [-0.4, -0.2) is 51.3 Å². The molecule has 0 saturated carbocycles. The van der Waals surface area contributed by atoms with Gasteiger partial charge in [0.25, 0.3) is 0 Å². The first-order valence-electron chi connectivity index (χ1n) is 10.6. The number of morpholine rings is 1. The van der Waals surface area contributed by atoms with Gasteiger partial charge in [-0.15, -0.1) is 11.3 Å². The minimum Gasteiger partial charge on any atom is -0.493 e. The molecule has 6 nitrogen and oxygen atoms in total. The number of amides is 1. The molecule has 30 heavy (non-hydrogen) atoms. The fraction of sp³-hybridized carbons (Fsp3) is 0.522. The summed E-state index contributed by atoms with van der Waals surface area (Å²) in [6, 6.07) is 6.20. The number of anilines is 1. The molecule has 1 aliphatic carbocycles. The highest BCUT2D eigenvalue weighted by Crippen LogP contribution is 2.46. The lowest BCUT2D eigenvalue weighted by Gasteiger charge is -2.36. The SMILES string of the molecule is COc1ccc([C@@H](c2c(NC(C)=O)sc3c2CCCC3)N2CCOCC2)cc1OC. The highest BCUT2D eigenvalue weighted by Gasteiger charge is 2.33. The molecule has 7 heteroatoms. The van der Waals surface area contributed by atoms with Gasteiger partial charge in [-0.05, 0) is 48.9 Å². The zero-order valence-electron chi connectivity index (χ0n) is 18.0. The number of carbonyl (C=O) groups excluding carboxylic acids is 1. The Kier molecular flexibility index (Phi) is 6.61. The van der Waals surface area contributed by atoms with E-state index in [0.29, 0.717) is 13.2 Å². The maximum Gasteiger partial charge on any atom is 0.221 e. The minimum absolute atomic E-state index is 0.0251. The fourth-order valence-electron chi connectivity index (χ4n) is 4.55. The van der Waals surface area contributed by atoms with Crippen LogP contribution in [0.5, 0.6) is 11.5 Å². The van der Waals surface area contributed by atoms with Crippen LogP contribution in [-0.2, 0) is 22.4 Å². The smallest absolute Gasteiger partial charge is 0.221 e. The van der Waals surface area contributed by atoms with Crippen molar-refractivity contribution in [1.29, 1.82) is 0 Å². The van der Waals surface area contributed by atoms with Gasteiger partial charge in [-0.25, -0.2) is 0 Å². The number of rotatable bonds is 6. The van der Waals surface area contributed by atoms with Crippen LogP contribution >= 0.6 is 11.3 Å². The molecule has 1 amide bonds. The summed E-state index contributed by atoms with van der Waals surface area (Å²) in [7, 11) is 3.32. The first-order valence-corrected chi connectivity index (χ1v) is 11.4. The maximum absolute atomic E-state index is 12.0. The Morgan fingerprint density at radius 1 is 1.13 bits per heavy atom. The monoisotopic (exact) mass is 430 g/mol. The van der Waals surface area contributed by atoms with E-state index in [0.717, 1.165) is 48.0 Å². The van der Waals surface area contributed by atoms with Crippen molar-refractivity contribution in [1.82, 2.24) is 4.90 Å². The summed E-state index contributed by atoms with van der Waals surface area (Å²) in [6.07, 6.45) is 4.56. The summed E-state index contributed by atoms with van der Waals surface area (Å²) >= 11 is 1.75. The Hall–Kier alpha value is -2.09. The van der Waals surface area contributed by atoms with Crippen LogP contribution in [0.25, 0.3) is 0 Å². The molecule has 2 aromatic rings. The molecule has 1 fully saturated rings. The lowest BCUT2D eigenvalue weighted by Crippen LogP contribution is -2.40. The molecule has 1 aliphatic heterocycles. The van der Waals surface area contributed by atoms with E-state index in [4.69, 9.17) is 14.2 Å². The van der Waals surface area contributed by atoms with Crippen LogP contribution in [0, 0.1) is 0 Å². The van der Waals surface area contributed by atoms with Crippen LogP contribution in [0.2, 0.25) is 0 Å². The highest BCUT2D eigenvalue weighted by molar-refractivity contribution is 7.16. The van der Waals surface area contributed by atoms with Gasteiger partial charge in [-0.1, -0.05) is 6.07 Å². The first kappa shape index (κ1) is 21.2. The van der Waals surface area contributed by atoms with E-state index in [9.17, 15) is 4.79 Å². The summed E-state index contributed by atoms with van der Waals surface area (Å²) in [4.78, 5) is 15.9. The van der Waals surface area contributed by atoms with Crippen LogP contribution in [0.1, 0.15) is 47.4 Å². The average Bonchev–Trinajstić information content (AvgIpc) is 3.11. The molecule has 1 atom stereocenters. The number of benzene rings is 1. The van der Waals surface area contributed by atoms with E-state index in [1.165, 1.54) is 28.8 Å². The van der Waals surface area contributed by atoms with E-state index >= 15 is 0 Å². The quantitative estimate of drug-likeness (QED) is 0.750. The third kappa shape index (κ3) is 4.19. The molecule has 2 aliphatic rings. The van der Waals surface area contributed by atoms with Crippen molar-refractivity contribution < 1.29 is 19.0 Å². The van der Waals surface area contributed by atoms with Crippen molar-refractivity contribution in [3.63, 3.8) is 0 Å². The van der Waals surface area contributed by atoms with Gasteiger partial charge in [-0.3, -0.25) is 9.69 Å². The fourth-order valence-corrected chi connectivity index (χ4v) is 5.92. The largest absolute Gasteiger partial charge is 0.493 e. The van der Waals surface area contributed by atoms with Gasteiger partial charge in [0, 0.05) is 30.5 Å². The van der Waals surface area contributed by atoms with Gasteiger partial charge in [-0.2, -0.15) is 0 Å². The molecule has 1 saturated heterocycles. The second-order valence-corrected chi connectivity index (χ2v) is 8.91. The van der Waals surface area contributed by atoms with Crippen molar-refractivity contribution in [3.05, 3.63) is 39.8 Å². The van der Waals surface area contributed by atoms with Crippen molar-refractivity contribution >= 4 is 22.2 Å². The van der Waals surface area contributed by atoms with Gasteiger partial charge in [0.15, 0.2) is 11.5 Å². The van der Waals surface area contributed by atoms with Crippen LogP contribution < -0.4 is 14.8 Å². The molecular weight excluding hydrogens is 400 g/mol. The van der Waals surface area contributed by atoms with E-state index in [1.807, 2.05) is 6.07 Å². The third-order valence-electron chi connectivity index (χ3n) is 5.91. The van der Waals surface area contributed by atoms with Crippen molar-refractivity contribution in [3.8, 4) is 11.5 Å². The van der Waals surface area contributed by atoms with Crippen molar-refractivity contribution in [2.24, 2.45) is 0 Å². The Bertz CT molecular complexity index is 905. The second-order valence-electron chi connectivity index (χ2n) is 7.80. The molecule has 0 spiro atoms. The van der Waals surface area contributed by atoms with E-state index in [1.54, 1.807) is 32.5 Å². The Balaban J connectivity index is 1.87. The van der Waals surface area contributed by atoms with Crippen molar-refractivity contribution in [2.45, 2.75) is 38.6 Å². The molecular formula is C23H30N2O4S. The number of nitrogens with one attached hydrogen (secondary N) is 1. The molecule has 4 rings (SSSR count). The standard InChI is InChI=1S/C23H30N2O4S/c1-15(26)24-23-21(17-6-4-5-7-20(17)30-23)22(25-10-12-29-13-11-25)16-8-9-18(27-2)19(14-16)28-3/h8-9,14,22H,4-7,10-13H2,1-3H3,(H,24,26)/t22-/m0/s1. The molecule has 1 aromatic heterocycles. The van der Waals surface area contributed by atoms with Gasteiger partial charge in [0.2, 0.25) is 5.91 Å². The Labute approximate surface area is 182 Å². The van der Waals surface area contributed by atoms with E-state index < -0.39 is 0 Å². The molecule has 0 radical (unpaired) electrons. The number of hydrogen-bond acceptors (Lipinski definition) is 6. The molecule has 162 valence electrons. The molecule has 0 unspecified atom stereocenters. The number of hydrogen-bond donors (Lipinski definition) is 1. The number of carbonyl (C=O) groups is 1. The van der Waals surface area contributed by atoms with Gasteiger partial charge in [0.1, 0.15) is 5.00 Å². The zero-order valence-corrected chi connectivity index (χ0v) is 18.8. The van der Waals surface area contributed by atoms with Crippen LogP contribution in [0.15, 0.2) is 18.2 Å². The summed E-state index contributed by atoms with van der Waals surface area (Å²) < 4.78 is 16.7. The second kappa shape index (κ2) is 9.37. The number of methoxy groups -OCH3 is 2. The first-order chi connectivity index (χ1) is 14.6. The third-order valence-corrected chi connectivity index (χ3v) is 7.13. The predicted molar refractivity (Wildman–Crippen MR) is 119 cm³/mol. The molecule has 2 heterocycles. The Morgan fingerprint density at radius 2 is 1.87 bits per heavy atom. The van der Waals surface area contributed by atoms with Crippen molar-refractivity contribution in [2.75, 3.05) is 45.8 Å². The zero-order chi connectivity index (χ0) is 21.1.